The number of hydrogen-bond acceptors (Lipinski definition) is 4. The van der Waals surface area contributed by atoms with Gasteiger partial charge in [0.1, 0.15) is 5.02 Å². The van der Waals surface area contributed by atoms with Gasteiger partial charge in [-0.15, -0.1) is 0 Å². The largest absolute Gasteiger partial charge is 0.332 e. The summed E-state index contributed by atoms with van der Waals surface area (Å²) in [5, 5.41) is 16.1. The van der Waals surface area contributed by atoms with E-state index >= 15 is 0 Å². The van der Waals surface area contributed by atoms with Crippen LogP contribution >= 0.6 is 23.8 Å². The normalized spacial score (nSPS) is 10.9. The highest BCUT2D eigenvalue weighted by Crippen LogP contribution is 2.27. The summed E-state index contributed by atoms with van der Waals surface area (Å²) in [5.74, 6) is -0.219. The van der Waals surface area contributed by atoms with Gasteiger partial charge >= 0.3 is 0 Å². The number of amides is 1. The quantitative estimate of drug-likeness (QED) is 0.503. The summed E-state index contributed by atoms with van der Waals surface area (Å²) in [6.45, 7) is 5.81. The second-order valence-electron chi connectivity index (χ2n) is 5.66. The summed E-state index contributed by atoms with van der Waals surface area (Å²) in [6, 6.07) is 4.18. The molecule has 21 heavy (non-hydrogen) atoms. The van der Waals surface area contributed by atoms with E-state index in [0.717, 1.165) is 0 Å². The SMILES string of the molecule is CC(C)(C)CC(=O)NC(=S)Nc1ccc(Cl)c([N+](=O)[O-])c1. The van der Waals surface area contributed by atoms with E-state index in [1.54, 1.807) is 0 Å². The Balaban J connectivity index is 2.69. The zero-order chi connectivity index (χ0) is 16.2. The van der Waals surface area contributed by atoms with Crippen LogP contribution in [0.1, 0.15) is 27.2 Å². The number of anilines is 1. The van der Waals surface area contributed by atoms with E-state index in [0.29, 0.717) is 12.1 Å². The number of benzene rings is 1. The average molecular weight is 330 g/mol. The predicted octanol–water partition coefficient (Wildman–Crippen LogP) is 3.50. The maximum absolute atomic E-state index is 11.7. The van der Waals surface area contributed by atoms with Crippen LogP contribution in [0.2, 0.25) is 5.02 Å². The van der Waals surface area contributed by atoms with Crippen molar-refractivity contribution in [1.29, 1.82) is 0 Å². The lowest BCUT2D eigenvalue weighted by Gasteiger charge is -2.17. The number of carbonyl (C=O) groups excluding carboxylic acids is 1. The molecule has 1 rings (SSSR count). The monoisotopic (exact) mass is 329 g/mol. The Morgan fingerprint density at radius 1 is 1.43 bits per heavy atom. The molecular formula is C13H16ClN3O3S. The summed E-state index contributed by atoms with van der Waals surface area (Å²) >= 11 is 10.7. The number of nitrogens with zero attached hydrogens (tertiary/aromatic N) is 1. The Labute approximate surface area is 133 Å². The molecule has 8 heteroatoms. The minimum absolute atomic E-state index is 0.0354. The van der Waals surface area contributed by atoms with Crippen molar-refractivity contribution in [3.05, 3.63) is 33.3 Å². The van der Waals surface area contributed by atoms with Crippen molar-refractivity contribution in [2.75, 3.05) is 5.32 Å². The lowest BCUT2D eigenvalue weighted by atomic mass is 9.92. The van der Waals surface area contributed by atoms with Gasteiger partial charge in [-0.05, 0) is 29.8 Å². The summed E-state index contributed by atoms with van der Waals surface area (Å²) in [7, 11) is 0. The third-order valence-electron chi connectivity index (χ3n) is 2.34. The first-order chi connectivity index (χ1) is 9.58. The molecule has 0 saturated heterocycles. The van der Waals surface area contributed by atoms with Gasteiger partial charge in [0.05, 0.1) is 4.92 Å². The van der Waals surface area contributed by atoms with Gasteiger partial charge in [-0.1, -0.05) is 32.4 Å². The van der Waals surface area contributed by atoms with Gasteiger partial charge in [0.2, 0.25) is 5.91 Å². The lowest BCUT2D eigenvalue weighted by Crippen LogP contribution is -2.36. The number of nitro groups is 1. The molecule has 0 aliphatic carbocycles. The van der Waals surface area contributed by atoms with Crippen molar-refractivity contribution in [3.63, 3.8) is 0 Å². The molecule has 0 spiro atoms. The van der Waals surface area contributed by atoms with Crippen molar-refractivity contribution in [2.24, 2.45) is 5.41 Å². The van der Waals surface area contributed by atoms with Crippen LogP contribution < -0.4 is 10.6 Å². The van der Waals surface area contributed by atoms with Crippen molar-refractivity contribution in [1.82, 2.24) is 5.32 Å². The third kappa shape index (κ3) is 6.05. The van der Waals surface area contributed by atoms with Crippen molar-refractivity contribution < 1.29 is 9.72 Å². The van der Waals surface area contributed by atoms with E-state index in [2.05, 4.69) is 10.6 Å². The van der Waals surface area contributed by atoms with Gasteiger partial charge in [-0.25, -0.2) is 0 Å². The van der Waals surface area contributed by atoms with E-state index in [1.807, 2.05) is 20.8 Å². The van der Waals surface area contributed by atoms with Crippen molar-refractivity contribution in [3.8, 4) is 0 Å². The van der Waals surface area contributed by atoms with E-state index < -0.39 is 4.92 Å². The molecule has 1 amide bonds. The molecule has 0 aliphatic rings. The summed E-state index contributed by atoms with van der Waals surface area (Å²) in [6.07, 6.45) is 0.315. The predicted molar refractivity (Wildman–Crippen MR) is 86.5 cm³/mol. The Kier molecular flexibility index (Phi) is 5.62. The van der Waals surface area contributed by atoms with Crippen LogP contribution in [0.25, 0.3) is 0 Å². The first kappa shape index (κ1) is 17.3. The Hall–Kier alpha value is -1.73. The highest BCUT2D eigenvalue weighted by Gasteiger charge is 2.17. The topological polar surface area (TPSA) is 84.3 Å². The van der Waals surface area contributed by atoms with E-state index in [4.69, 9.17) is 23.8 Å². The summed E-state index contributed by atoms with van der Waals surface area (Å²) in [4.78, 5) is 21.9. The molecule has 6 nitrogen and oxygen atoms in total. The second-order valence-corrected chi connectivity index (χ2v) is 6.48. The molecule has 0 heterocycles. The zero-order valence-corrected chi connectivity index (χ0v) is 13.5. The Bertz CT molecular complexity index is 585. The molecule has 0 fully saturated rings. The number of thiocarbonyl (C=S) groups is 1. The molecule has 0 aliphatic heterocycles. The number of nitrogens with one attached hydrogen (secondary N) is 2. The van der Waals surface area contributed by atoms with Crippen LogP contribution in [0.3, 0.4) is 0 Å². The van der Waals surface area contributed by atoms with E-state index in [1.165, 1.54) is 18.2 Å². The highest BCUT2D eigenvalue weighted by atomic mass is 35.5. The molecule has 0 radical (unpaired) electrons. The molecular weight excluding hydrogens is 314 g/mol. The molecule has 1 aromatic rings. The van der Waals surface area contributed by atoms with E-state index in [9.17, 15) is 14.9 Å². The van der Waals surface area contributed by atoms with Crippen LogP contribution in [0, 0.1) is 15.5 Å². The maximum atomic E-state index is 11.7. The molecule has 0 saturated carbocycles. The fourth-order valence-corrected chi connectivity index (χ4v) is 1.96. The van der Waals surface area contributed by atoms with Crippen molar-refractivity contribution >= 4 is 46.2 Å². The standard InChI is InChI=1S/C13H16ClN3O3S/c1-13(2,3)7-11(18)16-12(21)15-8-4-5-9(14)10(6-8)17(19)20/h4-6H,7H2,1-3H3,(H2,15,16,18,21). The Morgan fingerprint density at radius 3 is 2.57 bits per heavy atom. The number of halogens is 1. The molecule has 0 bridgehead atoms. The Morgan fingerprint density at radius 2 is 2.05 bits per heavy atom. The van der Waals surface area contributed by atoms with Gasteiger partial charge in [-0.3, -0.25) is 14.9 Å². The third-order valence-corrected chi connectivity index (χ3v) is 2.87. The number of hydrogen-bond donors (Lipinski definition) is 2. The van der Waals surface area contributed by atoms with Crippen LogP contribution in [0.5, 0.6) is 0 Å². The van der Waals surface area contributed by atoms with Gasteiger partial charge in [0, 0.05) is 18.2 Å². The van der Waals surface area contributed by atoms with Gasteiger partial charge in [-0.2, -0.15) is 0 Å². The van der Waals surface area contributed by atoms with Gasteiger partial charge in [0.15, 0.2) is 5.11 Å². The maximum Gasteiger partial charge on any atom is 0.289 e. The van der Waals surface area contributed by atoms with Gasteiger partial charge in [0.25, 0.3) is 5.69 Å². The zero-order valence-electron chi connectivity index (χ0n) is 11.9. The molecule has 0 unspecified atom stereocenters. The fourth-order valence-electron chi connectivity index (χ4n) is 1.55. The van der Waals surface area contributed by atoms with Crippen LogP contribution in [0.15, 0.2) is 18.2 Å². The summed E-state index contributed by atoms with van der Waals surface area (Å²) < 4.78 is 0. The fraction of sp³-hybridized carbons (Fsp3) is 0.385. The lowest BCUT2D eigenvalue weighted by molar-refractivity contribution is -0.384. The smallest absolute Gasteiger partial charge is 0.289 e. The molecule has 1 aromatic carbocycles. The molecule has 0 aromatic heterocycles. The highest BCUT2D eigenvalue weighted by molar-refractivity contribution is 7.80. The molecule has 2 N–H and O–H groups in total. The second kappa shape index (κ2) is 6.82. The number of nitro benzene ring substituents is 1. The molecule has 0 atom stereocenters. The number of rotatable bonds is 3. The van der Waals surface area contributed by atoms with Crippen molar-refractivity contribution in [2.45, 2.75) is 27.2 Å². The number of carbonyl (C=O) groups is 1. The van der Waals surface area contributed by atoms with Crippen LogP contribution in [0.4, 0.5) is 11.4 Å². The minimum Gasteiger partial charge on any atom is -0.332 e. The summed E-state index contributed by atoms with van der Waals surface area (Å²) in [5.41, 5.74) is -0.00342. The molecule has 114 valence electrons. The average Bonchev–Trinajstić information content (AvgIpc) is 2.28. The van der Waals surface area contributed by atoms with Gasteiger partial charge < -0.3 is 10.6 Å². The first-order valence-electron chi connectivity index (χ1n) is 6.13. The van der Waals surface area contributed by atoms with Crippen LogP contribution in [-0.2, 0) is 4.79 Å². The van der Waals surface area contributed by atoms with Crippen LogP contribution in [-0.4, -0.2) is 15.9 Å². The minimum atomic E-state index is -0.589. The van der Waals surface area contributed by atoms with E-state index in [-0.39, 0.29) is 27.1 Å². The first-order valence-corrected chi connectivity index (χ1v) is 6.92.